The molecule has 4 bridgehead atoms. The predicted octanol–water partition coefficient (Wildman–Crippen LogP) is 2.55. The van der Waals surface area contributed by atoms with Crippen molar-refractivity contribution in [1.82, 2.24) is 10.6 Å². The third-order valence-electron chi connectivity index (χ3n) is 7.54. The van der Waals surface area contributed by atoms with Crippen molar-refractivity contribution in [2.24, 2.45) is 33.6 Å². The van der Waals surface area contributed by atoms with Crippen LogP contribution in [0.3, 0.4) is 0 Å². The molecule has 5 heteroatoms. The van der Waals surface area contributed by atoms with Crippen molar-refractivity contribution >= 4 is 5.96 Å². The Bertz CT molecular complexity index is 478. The van der Waals surface area contributed by atoms with Crippen LogP contribution in [0.15, 0.2) is 4.99 Å². The standard InChI is InChI=1S/C21H37N3O2/c1-2-22-19(23-13-20(3-5-25)4-6-26-15-20)24-14-21-10-16-7-17(11-21)9-18(8-16)12-21/h16-18,25H,2-15H2,1H3,(H2,22,23,24). The van der Waals surface area contributed by atoms with Crippen LogP contribution in [-0.4, -0.2) is 50.5 Å². The first-order valence-electron chi connectivity index (χ1n) is 10.9. The highest BCUT2D eigenvalue weighted by atomic mass is 16.5. The molecular formula is C21H37N3O2. The maximum atomic E-state index is 9.43. The van der Waals surface area contributed by atoms with E-state index in [1.807, 2.05) is 0 Å². The molecule has 0 aromatic rings. The Morgan fingerprint density at radius 3 is 2.35 bits per heavy atom. The summed E-state index contributed by atoms with van der Waals surface area (Å²) in [4.78, 5) is 5.05. The van der Waals surface area contributed by atoms with Crippen LogP contribution in [0.2, 0.25) is 0 Å². The van der Waals surface area contributed by atoms with Crippen LogP contribution in [0.25, 0.3) is 0 Å². The normalized spacial score (nSPS) is 41.6. The van der Waals surface area contributed by atoms with E-state index in [2.05, 4.69) is 17.6 Å². The lowest BCUT2D eigenvalue weighted by Gasteiger charge is -2.56. The van der Waals surface area contributed by atoms with Crippen molar-refractivity contribution in [3.8, 4) is 0 Å². The van der Waals surface area contributed by atoms with Crippen molar-refractivity contribution in [3.05, 3.63) is 0 Å². The van der Waals surface area contributed by atoms with Gasteiger partial charge in [0.25, 0.3) is 0 Å². The maximum absolute atomic E-state index is 9.43. The highest BCUT2D eigenvalue weighted by Crippen LogP contribution is 2.60. The molecule has 0 aromatic carbocycles. The molecule has 1 unspecified atom stereocenters. The van der Waals surface area contributed by atoms with Gasteiger partial charge in [0.05, 0.1) is 6.61 Å². The molecular weight excluding hydrogens is 326 g/mol. The average Bonchev–Trinajstić information content (AvgIpc) is 3.05. The molecule has 0 radical (unpaired) electrons. The molecule has 5 rings (SSSR count). The van der Waals surface area contributed by atoms with Gasteiger partial charge < -0.3 is 20.5 Å². The van der Waals surface area contributed by atoms with Crippen LogP contribution in [-0.2, 0) is 4.74 Å². The number of nitrogens with one attached hydrogen (secondary N) is 2. The number of aliphatic imine (C=N–C) groups is 1. The summed E-state index contributed by atoms with van der Waals surface area (Å²) < 4.78 is 5.62. The van der Waals surface area contributed by atoms with E-state index in [9.17, 15) is 5.11 Å². The van der Waals surface area contributed by atoms with Crippen molar-refractivity contribution in [2.75, 3.05) is 39.5 Å². The molecule has 3 N–H and O–H groups in total. The summed E-state index contributed by atoms with van der Waals surface area (Å²) >= 11 is 0. The SMILES string of the molecule is CCNC(=NCC12CC3CC(CC(C3)C1)C2)NCC1(CCO)CCOC1. The lowest BCUT2D eigenvalue weighted by molar-refractivity contribution is -0.0465. The summed E-state index contributed by atoms with van der Waals surface area (Å²) in [6.07, 6.45) is 10.5. The van der Waals surface area contributed by atoms with E-state index >= 15 is 0 Å². The van der Waals surface area contributed by atoms with E-state index in [1.54, 1.807) is 0 Å². The highest BCUT2D eigenvalue weighted by molar-refractivity contribution is 5.79. The molecule has 1 atom stereocenters. The number of aliphatic hydroxyl groups excluding tert-OH is 1. The summed E-state index contributed by atoms with van der Waals surface area (Å²) in [5.74, 6) is 3.90. The van der Waals surface area contributed by atoms with Crippen LogP contribution in [0.1, 0.15) is 58.3 Å². The van der Waals surface area contributed by atoms with E-state index in [-0.39, 0.29) is 12.0 Å². The second kappa shape index (κ2) is 7.67. The smallest absolute Gasteiger partial charge is 0.191 e. The summed E-state index contributed by atoms with van der Waals surface area (Å²) in [5, 5.41) is 16.4. The Labute approximate surface area is 158 Å². The van der Waals surface area contributed by atoms with Gasteiger partial charge in [-0.3, -0.25) is 4.99 Å². The van der Waals surface area contributed by atoms with Crippen LogP contribution >= 0.6 is 0 Å². The summed E-state index contributed by atoms with van der Waals surface area (Å²) in [6.45, 7) is 6.61. The van der Waals surface area contributed by atoms with E-state index in [1.165, 1.54) is 38.5 Å². The minimum atomic E-state index is 0.0611. The lowest BCUT2D eigenvalue weighted by atomic mass is 9.49. The first kappa shape index (κ1) is 18.5. The zero-order chi connectivity index (χ0) is 18.0. The molecule has 1 aliphatic heterocycles. The van der Waals surface area contributed by atoms with Gasteiger partial charge in [-0.25, -0.2) is 0 Å². The average molecular weight is 364 g/mol. The number of rotatable bonds is 7. The first-order valence-corrected chi connectivity index (χ1v) is 10.9. The van der Waals surface area contributed by atoms with Gasteiger partial charge in [0.15, 0.2) is 5.96 Å². The maximum Gasteiger partial charge on any atom is 0.191 e. The Balaban J connectivity index is 1.38. The Kier molecular flexibility index (Phi) is 5.47. The lowest BCUT2D eigenvalue weighted by Crippen LogP contribution is -2.49. The van der Waals surface area contributed by atoms with Crippen molar-refractivity contribution in [3.63, 3.8) is 0 Å². The van der Waals surface area contributed by atoms with Crippen molar-refractivity contribution in [2.45, 2.75) is 58.3 Å². The second-order valence-electron chi connectivity index (χ2n) is 9.74. The fourth-order valence-electron chi connectivity index (χ4n) is 6.66. The van der Waals surface area contributed by atoms with E-state index in [4.69, 9.17) is 9.73 Å². The third-order valence-corrected chi connectivity index (χ3v) is 7.54. The number of nitrogens with zero attached hydrogens (tertiary/aromatic N) is 1. The molecule has 1 saturated heterocycles. The van der Waals surface area contributed by atoms with E-state index in [0.29, 0.717) is 5.41 Å². The molecule has 0 aromatic heterocycles. The van der Waals surface area contributed by atoms with Crippen LogP contribution in [0.5, 0.6) is 0 Å². The first-order chi connectivity index (χ1) is 12.6. The van der Waals surface area contributed by atoms with Gasteiger partial charge in [-0.05, 0) is 81.5 Å². The van der Waals surface area contributed by atoms with Gasteiger partial charge in [-0.1, -0.05) is 0 Å². The molecule has 1 heterocycles. The van der Waals surface area contributed by atoms with E-state index in [0.717, 1.165) is 69.4 Å². The second-order valence-corrected chi connectivity index (χ2v) is 9.74. The largest absolute Gasteiger partial charge is 0.396 e. The zero-order valence-corrected chi connectivity index (χ0v) is 16.4. The van der Waals surface area contributed by atoms with Gasteiger partial charge in [-0.2, -0.15) is 0 Å². The molecule has 5 nitrogen and oxygen atoms in total. The summed E-state index contributed by atoms with van der Waals surface area (Å²) in [7, 11) is 0. The molecule has 26 heavy (non-hydrogen) atoms. The molecule has 4 aliphatic carbocycles. The highest BCUT2D eigenvalue weighted by Gasteiger charge is 2.50. The summed E-state index contributed by atoms with van der Waals surface area (Å²) in [6, 6.07) is 0. The van der Waals surface area contributed by atoms with E-state index < -0.39 is 0 Å². The zero-order valence-electron chi connectivity index (χ0n) is 16.4. The Hall–Kier alpha value is -0.810. The molecule has 148 valence electrons. The molecule has 4 saturated carbocycles. The van der Waals surface area contributed by atoms with Gasteiger partial charge in [-0.15, -0.1) is 0 Å². The fourth-order valence-corrected chi connectivity index (χ4v) is 6.66. The van der Waals surface area contributed by atoms with Gasteiger partial charge >= 0.3 is 0 Å². The topological polar surface area (TPSA) is 65.9 Å². The Morgan fingerprint density at radius 2 is 1.81 bits per heavy atom. The summed E-state index contributed by atoms with van der Waals surface area (Å²) in [5.41, 5.74) is 0.544. The fraction of sp³-hybridized carbons (Fsp3) is 0.952. The third kappa shape index (κ3) is 3.89. The predicted molar refractivity (Wildman–Crippen MR) is 104 cm³/mol. The Morgan fingerprint density at radius 1 is 1.12 bits per heavy atom. The van der Waals surface area contributed by atoms with Crippen LogP contribution < -0.4 is 10.6 Å². The van der Waals surface area contributed by atoms with Gasteiger partial charge in [0, 0.05) is 38.3 Å². The quantitative estimate of drug-likeness (QED) is 0.480. The van der Waals surface area contributed by atoms with Crippen molar-refractivity contribution < 1.29 is 9.84 Å². The van der Waals surface area contributed by atoms with Crippen LogP contribution in [0, 0.1) is 28.6 Å². The minimum Gasteiger partial charge on any atom is -0.396 e. The number of guanidine groups is 1. The van der Waals surface area contributed by atoms with Crippen molar-refractivity contribution in [1.29, 1.82) is 0 Å². The van der Waals surface area contributed by atoms with Crippen LogP contribution in [0.4, 0.5) is 0 Å². The van der Waals surface area contributed by atoms with Gasteiger partial charge in [0.1, 0.15) is 0 Å². The number of hydrogen-bond donors (Lipinski definition) is 3. The molecule has 5 aliphatic rings. The molecule has 0 amide bonds. The van der Waals surface area contributed by atoms with Gasteiger partial charge in [0.2, 0.25) is 0 Å². The number of ether oxygens (including phenoxy) is 1. The molecule has 5 fully saturated rings. The monoisotopic (exact) mass is 363 g/mol. The molecule has 0 spiro atoms. The minimum absolute atomic E-state index is 0.0611. The number of aliphatic hydroxyl groups is 1. The number of hydrogen-bond acceptors (Lipinski definition) is 3.